The minimum atomic E-state index is -0.311. The van der Waals surface area contributed by atoms with Gasteiger partial charge in [0.25, 0.3) is 0 Å². The number of furan rings is 1. The smallest absolute Gasteiger partial charge is 0.149 e. The van der Waals surface area contributed by atoms with E-state index in [1.54, 1.807) is 0 Å². The molecule has 0 saturated carbocycles. The lowest BCUT2D eigenvalue weighted by Gasteiger charge is -2.27. The molecule has 5 nitrogen and oxygen atoms in total. The van der Waals surface area contributed by atoms with Crippen LogP contribution in [0.25, 0.3) is 83.8 Å². The van der Waals surface area contributed by atoms with Gasteiger partial charge in [-0.15, -0.1) is 0 Å². The predicted octanol–water partition coefficient (Wildman–Crippen LogP) is 14.4. The molecule has 9 rings (SSSR count). The van der Waals surface area contributed by atoms with Gasteiger partial charge in [-0.1, -0.05) is 139 Å². The molecule has 0 aliphatic carbocycles. The van der Waals surface area contributed by atoms with Crippen LogP contribution in [0.1, 0.15) is 63.8 Å². The summed E-state index contributed by atoms with van der Waals surface area (Å²) in [5, 5.41) is 13.4. The van der Waals surface area contributed by atoms with E-state index in [2.05, 4.69) is 187 Å². The number of phenolic OH excluding ortho intramolecular Hbond substituents is 1. The molecule has 9 aromatic rings. The molecule has 0 atom stereocenters. The molecule has 0 unspecified atom stereocenters. The standard InChI is InChI=1S/C54H49N3O2/c1-33-17-14-18-34(2)49(33)42-32-59-48-29-36(27-28-39(42)48)44-23-16-24-45(55-44)40-22-15-26-47-50(40)56-52(41-30-37(53(3,4)5)31-43(51(41)58)54(6,7)8)57(47)46-25-13-12-21-38(46)35-19-10-9-11-20-35/h9-32,58H,1-8H3. The molecule has 0 saturated heterocycles. The Labute approximate surface area is 346 Å². The van der Waals surface area contributed by atoms with E-state index in [0.717, 1.165) is 78.0 Å². The maximum atomic E-state index is 12.3. The molecule has 0 spiro atoms. The first-order chi connectivity index (χ1) is 28.3. The van der Waals surface area contributed by atoms with Crippen molar-refractivity contribution in [3.63, 3.8) is 0 Å². The molecule has 0 aliphatic heterocycles. The largest absolute Gasteiger partial charge is 0.507 e. The van der Waals surface area contributed by atoms with Crippen LogP contribution < -0.4 is 0 Å². The number of fused-ring (bicyclic) bond motifs is 2. The van der Waals surface area contributed by atoms with Crippen LogP contribution in [0.5, 0.6) is 5.75 Å². The van der Waals surface area contributed by atoms with Gasteiger partial charge in [-0.05, 0) is 95.0 Å². The summed E-state index contributed by atoms with van der Waals surface area (Å²) in [6.07, 6.45) is 1.87. The third-order valence-electron chi connectivity index (χ3n) is 11.6. The molecule has 59 heavy (non-hydrogen) atoms. The van der Waals surface area contributed by atoms with E-state index in [9.17, 15) is 5.11 Å². The van der Waals surface area contributed by atoms with Crippen LogP contribution >= 0.6 is 0 Å². The molecule has 0 bridgehead atoms. The highest BCUT2D eigenvalue weighted by molar-refractivity contribution is 5.99. The van der Waals surface area contributed by atoms with Crippen LogP contribution in [0.4, 0.5) is 0 Å². The summed E-state index contributed by atoms with van der Waals surface area (Å²) in [5.74, 6) is 0.916. The minimum absolute atomic E-state index is 0.170. The highest BCUT2D eigenvalue weighted by atomic mass is 16.3. The number of nitrogens with zero attached hydrogens (tertiary/aromatic N) is 3. The second-order valence-electron chi connectivity index (χ2n) is 17.8. The molecule has 3 aromatic heterocycles. The number of benzene rings is 6. The Bertz CT molecular complexity index is 3020. The van der Waals surface area contributed by atoms with Gasteiger partial charge < -0.3 is 9.52 Å². The van der Waals surface area contributed by atoms with Gasteiger partial charge >= 0.3 is 0 Å². The van der Waals surface area contributed by atoms with Crippen LogP contribution in [-0.4, -0.2) is 19.6 Å². The number of phenols is 1. The zero-order valence-corrected chi connectivity index (χ0v) is 35.1. The Kier molecular flexibility index (Phi) is 9.16. The lowest BCUT2D eigenvalue weighted by atomic mass is 9.79. The molecule has 0 radical (unpaired) electrons. The average Bonchev–Trinajstić information content (AvgIpc) is 3.82. The summed E-state index contributed by atoms with van der Waals surface area (Å²) in [7, 11) is 0. The van der Waals surface area contributed by atoms with Gasteiger partial charge in [0.15, 0.2) is 0 Å². The molecule has 6 aromatic carbocycles. The molecule has 5 heteroatoms. The number of aromatic hydroxyl groups is 1. The van der Waals surface area contributed by atoms with E-state index in [1.807, 2.05) is 18.4 Å². The van der Waals surface area contributed by atoms with Crippen LogP contribution in [0, 0.1) is 13.8 Å². The Morgan fingerprint density at radius 2 is 1.24 bits per heavy atom. The lowest BCUT2D eigenvalue weighted by Crippen LogP contribution is -2.17. The molecule has 0 aliphatic rings. The van der Waals surface area contributed by atoms with Crippen molar-refractivity contribution in [1.29, 1.82) is 0 Å². The predicted molar refractivity (Wildman–Crippen MR) is 244 cm³/mol. The number of rotatable bonds is 6. The lowest BCUT2D eigenvalue weighted by molar-refractivity contribution is 0.446. The fraction of sp³-hybridized carbons (Fsp3) is 0.185. The first-order valence-electron chi connectivity index (χ1n) is 20.4. The molecule has 3 heterocycles. The monoisotopic (exact) mass is 771 g/mol. The Morgan fingerprint density at radius 3 is 1.98 bits per heavy atom. The number of hydrogen-bond donors (Lipinski definition) is 1. The van der Waals surface area contributed by atoms with E-state index < -0.39 is 0 Å². The fourth-order valence-electron chi connectivity index (χ4n) is 8.44. The van der Waals surface area contributed by atoms with Gasteiger partial charge in [-0.25, -0.2) is 9.97 Å². The van der Waals surface area contributed by atoms with Crippen LogP contribution in [0.15, 0.2) is 150 Å². The highest BCUT2D eigenvalue weighted by Gasteiger charge is 2.29. The molecule has 292 valence electrons. The van der Waals surface area contributed by atoms with Crippen molar-refractivity contribution < 1.29 is 9.52 Å². The van der Waals surface area contributed by atoms with Crippen molar-refractivity contribution in [2.45, 2.75) is 66.2 Å². The number of para-hydroxylation sites is 2. The Balaban J connectivity index is 1.25. The molecule has 1 N–H and O–H groups in total. The summed E-state index contributed by atoms with van der Waals surface area (Å²) in [4.78, 5) is 10.8. The van der Waals surface area contributed by atoms with Gasteiger partial charge in [-0.3, -0.25) is 4.57 Å². The summed E-state index contributed by atoms with van der Waals surface area (Å²) in [5.41, 5.74) is 16.2. The van der Waals surface area contributed by atoms with Crippen LogP contribution in [0.3, 0.4) is 0 Å². The normalized spacial score (nSPS) is 12.1. The number of hydrogen-bond acceptors (Lipinski definition) is 4. The van der Waals surface area contributed by atoms with Gasteiger partial charge in [0.1, 0.15) is 17.2 Å². The van der Waals surface area contributed by atoms with Crippen molar-refractivity contribution in [2.75, 3.05) is 0 Å². The number of aryl methyl sites for hydroxylation is 2. The highest BCUT2D eigenvalue weighted by Crippen LogP contribution is 2.45. The van der Waals surface area contributed by atoms with Crippen molar-refractivity contribution in [3.05, 3.63) is 168 Å². The van der Waals surface area contributed by atoms with Crippen LogP contribution in [0.2, 0.25) is 0 Å². The Hall–Kier alpha value is -6.72. The van der Waals surface area contributed by atoms with Gasteiger partial charge in [0, 0.05) is 33.2 Å². The quantitative estimate of drug-likeness (QED) is 0.183. The van der Waals surface area contributed by atoms with Gasteiger partial charge in [0.05, 0.1) is 39.9 Å². The summed E-state index contributed by atoms with van der Waals surface area (Å²) < 4.78 is 8.42. The maximum Gasteiger partial charge on any atom is 0.149 e. The SMILES string of the molecule is Cc1cccc(C)c1-c1coc2cc(-c3cccc(-c4cccc5c4nc(-c4cc(C(C)(C)C)cc(C(C)(C)C)c4O)n5-c4ccccc4-c4ccccc4)n3)ccc12. The van der Waals surface area contributed by atoms with Crippen molar-refractivity contribution in [1.82, 2.24) is 14.5 Å². The zero-order chi connectivity index (χ0) is 41.2. The van der Waals surface area contributed by atoms with E-state index in [4.69, 9.17) is 14.4 Å². The number of imidazole rings is 1. The van der Waals surface area contributed by atoms with Crippen LogP contribution in [-0.2, 0) is 10.8 Å². The fourth-order valence-corrected chi connectivity index (χ4v) is 8.44. The third kappa shape index (κ3) is 6.71. The zero-order valence-electron chi connectivity index (χ0n) is 35.1. The van der Waals surface area contributed by atoms with E-state index in [1.165, 1.54) is 16.7 Å². The Morgan fingerprint density at radius 1 is 0.559 bits per heavy atom. The summed E-state index contributed by atoms with van der Waals surface area (Å²) in [6.45, 7) is 17.4. The van der Waals surface area contributed by atoms with E-state index in [0.29, 0.717) is 11.4 Å². The molecule has 0 fully saturated rings. The first-order valence-corrected chi connectivity index (χ1v) is 20.4. The second kappa shape index (κ2) is 14.3. The maximum absolute atomic E-state index is 12.3. The molecular weight excluding hydrogens is 723 g/mol. The number of pyridine rings is 1. The van der Waals surface area contributed by atoms with E-state index >= 15 is 0 Å². The molecule has 0 amide bonds. The second-order valence-corrected chi connectivity index (χ2v) is 17.8. The summed E-state index contributed by atoms with van der Waals surface area (Å²) >= 11 is 0. The van der Waals surface area contributed by atoms with Crippen molar-refractivity contribution >= 4 is 22.0 Å². The molecular formula is C54H49N3O2. The third-order valence-corrected chi connectivity index (χ3v) is 11.6. The van der Waals surface area contributed by atoms with Gasteiger partial charge in [0.2, 0.25) is 0 Å². The topological polar surface area (TPSA) is 64.1 Å². The van der Waals surface area contributed by atoms with Crippen molar-refractivity contribution in [2.24, 2.45) is 0 Å². The average molecular weight is 772 g/mol. The minimum Gasteiger partial charge on any atom is -0.507 e. The van der Waals surface area contributed by atoms with Crippen molar-refractivity contribution in [3.8, 4) is 67.6 Å². The number of aromatic nitrogens is 3. The first kappa shape index (κ1) is 37.8. The summed E-state index contributed by atoms with van der Waals surface area (Å²) in [6, 6.07) is 48.4. The van der Waals surface area contributed by atoms with E-state index in [-0.39, 0.29) is 16.6 Å². The van der Waals surface area contributed by atoms with Gasteiger partial charge in [-0.2, -0.15) is 0 Å².